The van der Waals surface area contributed by atoms with Crippen LogP contribution in [0.3, 0.4) is 0 Å². The van der Waals surface area contributed by atoms with Crippen LogP contribution in [0.4, 0.5) is 0 Å². The predicted octanol–water partition coefficient (Wildman–Crippen LogP) is -0.321. The third-order valence-corrected chi connectivity index (χ3v) is 5.72. The summed E-state index contributed by atoms with van der Waals surface area (Å²) < 4.78 is 0. The number of piperazine rings is 1. The number of aliphatic carboxylic acids is 1. The highest BCUT2D eigenvalue weighted by Crippen LogP contribution is 2.20. The number of hydrogen-bond donors (Lipinski definition) is 2. The van der Waals surface area contributed by atoms with Gasteiger partial charge in [-0.3, -0.25) is 19.4 Å². The average molecular weight is 338 g/mol. The Kier molecular flexibility index (Phi) is 6.08. The predicted molar refractivity (Wildman–Crippen MR) is 90.8 cm³/mol. The van der Waals surface area contributed by atoms with Crippen molar-refractivity contribution in [3.8, 4) is 0 Å². The van der Waals surface area contributed by atoms with Crippen LogP contribution in [0.1, 0.15) is 25.7 Å². The van der Waals surface area contributed by atoms with Crippen molar-refractivity contribution in [2.75, 3.05) is 58.9 Å². The van der Waals surface area contributed by atoms with Gasteiger partial charge < -0.3 is 15.3 Å². The van der Waals surface area contributed by atoms with E-state index in [9.17, 15) is 9.59 Å². The van der Waals surface area contributed by atoms with Crippen LogP contribution in [0.15, 0.2) is 0 Å². The first kappa shape index (κ1) is 17.6. The highest BCUT2D eigenvalue weighted by Gasteiger charge is 2.32. The maximum Gasteiger partial charge on any atom is 0.317 e. The van der Waals surface area contributed by atoms with E-state index in [1.165, 1.54) is 12.8 Å². The Morgan fingerprint density at radius 3 is 2.42 bits per heavy atom. The largest absolute Gasteiger partial charge is 0.480 e. The van der Waals surface area contributed by atoms with Gasteiger partial charge in [0.2, 0.25) is 5.91 Å². The van der Waals surface area contributed by atoms with Gasteiger partial charge in [-0.1, -0.05) is 0 Å². The zero-order chi connectivity index (χ0) is 16.9. The summed E-state index contributed by atoms with van der Waals surface area (Å²) in [7, 11) is 0. The number of carboxylic acids is 1. The number of amides is 1. The summed E-state index contributed by atoms with van der Waals surface area (Å²) >= 11 is 0. The summed E-state index contributed by atoms with van der Waals surface area (Å²) in [6.45, 7) is 7.19. The molecule has 3 rings (SSSR count). The number of nitrogens with zero attached hydrogens (tertiary/aromatic N) is 3. The summed E-state index contributed by atoms with van der Waals surface area (Å²) in [6, 6.07) is 0.431. The maximum atomic E-state index is 12.5. The summed E-state index contributed by atoms with van der Waals surface area (Å²) in [6.07, 6.45) is 4.29. The van der Waals surface area contributed by atoms with E-state index in [1.807, 2.05) is 4.90 Å². The van der Waals surface area contributed by atoms with Gasteiger partial charge in [-0.05, 0) is 44.7 Å². The van der Waals surface area contributed by atoms with Crippen LogP contribution in [-0.4, -0.2) is 96.6 Å². The van der Waals surface area contributed by atoms with Crippen molar-refractivity contribution in [1.29, 1.82) is 0 Å². The lowest BCUT2D eigenvalue weighted by molar-refractivity contribution is -0.139. The molecular weight excluding hydrogens is 308 g/mol. The van der Waals surface area contributed by atoms with E-state index in [1.54, 1.807) is 0 Å². The van der Waals surface area contributed by atoms with Gasteiger partial charge in [0, 0.05) is 38.8 Å². The molecule has 0 atom stereocenters. The van der Waals surface area contributed by atoms with Gasteiger partial charge in [-0.25, -0.2) is 0 Å². The van der Waals surface area contributed by atoms with Crippen molar-refractivity contribution in [1.82, 2.24) is 20.0 Å². The first-order valence-corrected chi connectivity index (χ1v) is 9.28. The molecule has 3 heterocycles. The standard InChI is InChI=1S/C17H30N4O3/c22-16-12-20(15-3-7-19(8-4-15)13-17(23)24)9-10-21(16)11-14-1-5-18-6-2-14/h14-15,18H,1-13H2,(H,23,24). The summed E-state index contributed by atoms with van der Waals surface area (Å²) in [4.78, 5) is 29.7. The van der Waals surface area contributed by atoms with Gasteiger partial charge >= 0.3 is 5.97 Å². The Hall–Kier alpha value is -1.18. The zero-order valence-corrected chi connectivity index (χ0v) is 14.5. The van der Waals surface area contributed by atoms with Crippen LogP contribution in [0, 0.1) is 5.92 Å². The van der Waals surface area contributed by atoms with Gasteiger partial charge in [0.15, 0.2) is 0 Å². The molecule has 0 spiro atoms. The summed E-state index contributed by atoms with van der Waals surface area (Å²) in [5, 5.41) is 12.2. The van der Waals surface area contributed by atoms with Gasteiger partial charge in [-0.2, -0.15) is 0 Å². The van der Waals surface area contributed by atoms with E-state index in [0.29, 0.717) is 18.5 Å². The van der Waals surface area contributed by atoms with E-state index >= 15 is 0 Å². The molecule has 0 unspecified atom stereocenters. The van der Waals surface area contributed by atoms with E-state index in [2.05, 4.69) is 15.1 Å². The van der Waals surface area contributed by atoms with Crippen molar-refractivity contribution in [2.45, 2.75) is 31.7 Å². The molecule has 2 N–H and O–H groups in total. The highest BCUT2D eigenvalue weighted by molar-refractivity contribution is 5.79. The molecule has 7 nitrogen and oxygen atoms in total. The Balaban J connectivity index is 1.42. The molecule has 3 saturated heterocycles. The second-order valence-electron chi connectivity index (χ2n) is 7.40. The Bertz CT molecular complexity index is 445. The number of carbonyl (C=O) groups is 2. The second kappa shape index (κ2) is 8.27. The second-order valence-corrected chi connectivity index (χ2v) is 7.40. The summed E-state index contributed by atoms with van der Waals surface area (Å²) in [5.41, 5.74) is 0. The van der Waals surface area contributed by atoms with Crippen LogP contribution in [0.25, 0.3) is 0 Å². The monoisotopic (exact) mass is 338 g/mol. The quantitative estimate of drug-likeness (QED) is 0.716. The lowest BCUT2D eigenvalue weighted by Gasteiger charge is -2.43. The van der Waals surface area contributed by atoms with Crippen LogP contribution in [-0.2, 0) is 9.59 Å². The van der Waals surface area contributed by atoms with Crippen LogP contribution in [0.2, 0.25) is 0 Å². The number of hydrogen-bond acceptors (Lipinski definition) is 5. The summed E-state index contributed by atoms with van der Waals surface area (Å²) in [5.74, 6) is 0.170. The molecule has 136 valence electrons. The van der Waals surface area contributed by atoms with Crippen LogP contribution >= 0.6 is 0 Å². The van der Waals surface area contributed by atoms with Crippen LogP contribution < -0.4 is 5.32 Å². The molecule has 0 radical (unpaired) electrons. The number of rotatable bonds is 5. The lowest BCUT2D eigenvalue weighted by atomic mass is 9.97. The van der Waals surface area contributed by atoms with Crippen LogP contribution in [0.5, 0.6) is 0 Å². The number of carbonyl (C=O) groups excluding carboxylic acids is 1. The molecule has 0 bridgehead atoms. The number of piperidine rings is 2. The van der Waals surface area contributed by atoms with E-state index in [0.717, 1.165) is 58.7 Å². The van der Waals surface area contributed by atoms with Crippen molar-refractivity contribution in [3.05, 3.63) is 0 Å². The van der Waals surface area contributed by atoms with E-state index in [-0.39, 0.29) is 12.5 Å². The fraction of sp³-hybridized carbons (Fsp3) is 0.882. The van der Waals surface area contributed by atoms with Crippen molar-refractivity contribution >= 4 is 11.9 Å². The Morgan fingerprint density at radius 2 is 1.79 bits per heavy atom. The minimum atomic E-state index is -0.754. The SMILES string of the molecule is O=C(O)CN1CCC(N2CCN(CC3CCNCC3)C(=O)C2)CC1. The topological polar surface area (TPSA) is 76.1 Å². The molecule has 3 aliphatic heterocycles. The molecule has 7 heteroatoms. The van der Waals surface area contributed by atoms with E-state index < -0.39 is 5.97 Å². The minimum absolute atomic E-state index is 0.135. The molecule has 0 aromatic heterocycles. The fourth-order valence-electron chi connectivity index (χ4n) is 4.24. The van der Waals surface area contributed by atoms with Gasteiger partial charge in [0.25, 0.3) is 0 Å². The van der Waals surface area contributed by atoms with Crippen molar-refractivity contribution < 1.29 is 14.7 Å². The molecule has 0 aliphatic carbocycles. The molecule has 3 fully saturated rings. The van der Waals surface area contributed by atoms with Gasteiger partial charge in [0.05, 0.1) is 13.1 Å². The number of nitrogens with one attached hydrogen (secondary N) is 1. The van der Waals surface area contributed by atoms with E-state index in [4.69, 9.17) is 5.11 Å². The normalized spacial score (nSPS) is 26.0. The first-order chi connectivity index (χ1) is 11.6. The zero-order valence-electron chi connectivity index (χ0n) is 14.5. The molecule has 3 aliphatic rings. The molecule has 0 aromatic carbocycles. The highest BCUT2D eigenvalue weighted by atomic mass is 16.4. The smallest absolute Gasteiger partial charge is 0.317 e. The van der Waals surface area contributed by atoms with Gasteiger partial charge in [-0.15, -0.1) is 0 Å². The maximum absolute atomic E-state index is 12.5. The third kappa shape index (κ3) is 4.68. The molecule has 0 aromatic rings. The van der Waals surface area contributed by atoms with Gasteiger partial charge in [0.1, 0.15) is 0 Å². The van der Waals surface area contributed by atoms with Crippen molar-refractivity contribution in [3.63, 3.8) is 0 Å². The fourth-order valence-corrected chi connectivity index (χ4v) is 4.24. The van der Waals surface area contributed by atoms with Crippen molar-refractivity contribution in [2.24, 2.45) is 5.92 Å². The number of carboxylic acid groups (broad SMARTS) is 1. The Morgan fingerprint density at radius 1 is 1.08 bits per heavy atom. The molecule has 24 heavy (non-hydrogen) atoms. The molecular formula is C17H30N4O3. The lowest BCUT2D eigenvalue weighted by Crippen LogP contribution is -2.56. The first-order valence-electron chi connectivity index (χ1n) is 9.28. The minimum Gasteiger partial charge on any atom is -0.480 e. The Labute approximate surface area is 144 Å². The third-order valence-electron chi connectivity index (χ3n) is 5.72. The molecule has 1 amide bonds. The average Bonchev–Trinajstić information content (AvgIpc) is 2.58. The molecule has 0 saturated carbocycles. The number of likely N-dealkylation sites (tertiary alicyclic amines) is 1.